The minimum atomic E-state index is -0.328. The average molecular weight is 453 g/mol. The highest BCUT2D eigenvalue weighted by molar-refractivity contribution is 6.30. The van der Waals surface area contributed by atoms with Crippen LogP contribution in [0.15, 0.2) is 67.0 Å². The smallest absolute Gasteiger partial charge is 0.415 e. The maximum atomic E-state index is 12.5. The number of halogens is 1. The Morgan fingerprint density at radius 1 is 0.938 bits per heavy atom. The molecular weight excluding hydrogens is 428 g/mol. The molecule has 1 amide bonds. The number of aromatic nitrogens is 2. The monoisotopic (exact) mass is 452 g/mol. The van der Waals surface area contributed by atoms with Crippen LogP contribution >= 0.6 is 11.6 Å². The summed E-state index contributed by atoms with van der Waals surface area (Å²) in [5.41, 5.74) is 1.12. The van der Waals surface area contributed by atoms with E-state index in [9.17, 15) is 4.79 Å². The lowest BCUT2D eigenvalue weighted by molar-refractivity contribution is 0.110. The third kappa shape index (κ3) is 6.42. The molecule has 0 radical (unpaired) electrons. The van der Waals surface area contributed by atoms with Crippen molar-refractivity contribution in [3.05, 3.63) is 77.7 Å². The zero-order valence-corrected chi connectivity index (χ0v) is 18.4. The van der Waals surface area contributed by atoms with Crippen LogP contribution in [0.3, 0.4) is 0 Å². The number of carbonyl (C=O) groups excluding carboxylic acids is 1. The number of hydrogen-bond acceptors (Lipinski definition) is 6. The van der Waals surface area contributed by atoms with E-state index in [4.69, 9.17) is 21.1 Å². The van der Waals surface area contributed by atoms with Crippen LogP contribution < -0.4 is 9.47 Å². The lowest BCUT2D eigenvalue weighted by Crippen LogP contribution is -2.49. The van der Waals surface area contributed by atoms with Gasteiger partial charge in [-0.25, -0.2) is 9.78 Å². The SMILES string of the molecule is O=C(Oc1ccc(Oc2ccc(Cl)cn2)cc1)N1CCN(CCCc2ccccn2)CC1. The summed E-state index contributed by atoms with van der Waals surface area (Å²) in [4.78, 5) is 25.1. The Bertz CT molecular complexity index is 992. The first kappa shape index (κ1) is 22.0. The highest BCUT2D eigenvalue weighted by atomic mass is 35.5. The second-order valence-electron chi connectivity index (χ2n) is 7.51. The molecule has 1 aliphatic heterocycles. The Kier molecular flexibility index (Phi) is 7.53. The van der Waals surface area contributed by atoms with Crippen molar-refractivity contribution in [2.75, 3.05) is 32.7 Å². The van der Waals surface area contributed by atoms with Crippen LogP contribution in [0, 0.1) is 0 Å². The van der Waals surface area contributed by atoms with E-state index in [1.807, 2.05) is 18.3 Å². The second-order valence-corrected chi connectivity index (χ2v) is 7.95. The summed E-state index contributed by atoms with van der Waals surface area (Å²) in [6.07, 6.45) is 5.05. The van der Waals surface area contributed by atoms with Crippen molar-refractivity contribution in [1.29, 1.82) is 0 Å². The van der Waals surface area contributed by atoms with E-state index in [-0.39, 0.29) is 6.09 Å². The van der Waals surface area contributed by atoms with E-state index in [1.165, 1.54) is 6.20 Å². The van der Waals surface area contributed by atoms with Gasteiger partial charge in [-0.05, 0) is 61.9 Å². The molecular formula is C24H25ClN4O3. The second kappa shape index (κ2) is 10.9. The van der Waals surface area contributed by atoms with Crippen LogP contribution in [0.5, 0.6) is 17.4 Å². The summed E-state index contributed by atoms with van der Waals surface area (Å²) in [6, 6.07) is 16.3. The van der Waals surface area contributed by atoms with Crippen LogP contribution in [-0.2, 0) is 6.42 Å². The summed E-state index contributed by atoms with van der Waals surface area (Å²) < 4.78 is 11.2. The van der Waals surface area contributed by atoms with Gasteiger partial charge in [-0.15, -0.1) is 0 Å². The number of ether oxygens (including phenoxy) is 2. The summed E-state index contributed by atoms with van der Waals surface area (Å²) >= 11 is 5.83. The summed E-state index contributed by atoms with van der Waals surface area (Å²) in [5, 5.41) is 0.546. The fraction of sp³-hybridized carbons (Fsp3) is 0.292. The molecule has 0 bridgehead atoms. The van der Waals surface area contributed by atoms with Gasteiger partial charge in [0.05, 0.1) is 5.02 Å². The topological polar surface area (TPSA) is 67.8 Å². The molecule has 8 heteroatoms. The van der Waals surface area contributed by atoms with Crippen molar-refractivity contribution < 1.29 is 14.3 Å². The number of piperazine rings is 1. The van der Waals surface area contributed by atoms with Gasteiger partial charge in [0.25, 0.3) is 0 Å². The van der Waals surface area contributed by atoms with Gasteiger partial charge in [-0.1, -0.05) is 17.7 Å². The molecule has 166 valence electrons. The van der Waals surface area contributed by atoms with Crippen LogP contribution in [-0.4, -0.2) is 58.6 Å². The Balaban J connectivity index is 1.18. The number of hydrogen-bond donors (Lipinski definition) is 0. The third-order valence-corrected chi connectivity index (χ3v) is 5.44. The van der Waals surface area contributed by atoms with Gasteiger partial charge >= 0.3 is 6.09 Å². The molecule has 0 spiro atoms. The van der Waals surface area contributed by atoms with Crippen molar-refractivity contribution >= 4 is 17.7 Å². The first-order valence-corrected chi connectivity index (χ1v) is 11.0. The van der Waals surface area contributed by atoms with E-state index in [0.29, 0.717) is 35.5 Å². The highest BCUT2D eigenvalue weighted by Gasteiger charge is 2.22. The lowest BCUT2D eigenvalue weighted by atomic mass is 10.2. The van der Waals surface area contributed by atoms with Crippen LogP contribution in [0.2, 0.25) is 5.02 Å². The molecule has 1 fully saturated rings. The molecule has 7 nitrogen and oxygen atoms in total. The van der Waals surface area contributed by atoms with Gasteiger partial charge in [-0.3, -0.25) is 9.88 Å². The van der Waals surface area contributed by atoms with Gasteiger partial charge in [0.2, 0.25) is 5.88 Å². The number of amides is 1. The number of benzene rings is 1. The maximum absolute atomic E-state index is 12.5. The minimum Gasteiger partial charge on any atom is -0.439 e. The molecule has 1 saturated heterocycles. The van der Waals surface area contributed by atoms with E-state index in [2.05, 4.69) is 20.9 Å². The fourth-order valence-corrected chi connectivity index (χ4v) is 3.58. The minimum absolute atomic E-state index is 0.328. The molecule has 0 atom stereocenters. The highest BCUT2D eigenvalue weighted by Crippen LogP contribution is 2.23. The zero-order chi connectivity index (χ0) is 22.2. The summed E-state index contributed by atoms with van der Waals surface area (Å²) in [7, 11) is 0. The molecule has 2 aromatic heterocycles. The Morgan fingerprint density at radius 2 is 1.72 bits per heavy atom. The average Bonchev–Trinajstić information content (AvgIpc) is 2.83. The number of pyridine rings is 2. The van der Waals surface area contributed by atoms with Gasteiger partial charge in [0.15, 0.2) is 0 Å². The van der Waals surface area contributed by atoms with Crippen molar-refractivity contribution in [3.63, 3.8) is 0 Å². The van der Waals surface area contributed by atoms with Crippen molar-refractivity contribution in [3.8, 4) is 17.4 Å². The van der Waals surface area contributed by atoms with Crippen molar-refractivity contribution in [2.45, 2.75) is 12.8 Å². The molecule has 4 rings (SSSR count). The van der Waals surface area contributed by atoms with E-state index >= 15 is 0 Å². The molecule has 0 unspecified atom stereocenters. The third-order valence-electron chi connectivity index (χ3n) is 5.22. The zero-order valence-electron chi connectivity index (χ0n) is 17.7. The first-order valence-electron chi connectivity index (χ1n) is 10.6. The van der Waals surface area contributed by atoms with Gasteiger partial charge in [-0.2, -0.15) is 0 Å². The predicted molar refractivity (Wildman–Crippen MR) is 122 cm³/mol. The standard InChI is InChI=1S/C24H25ClN4O3/c25-19-6-11-23(27-18-19)31-21-7-9-22(10-8-21)32-24(30)29-16-14-28(15-17-29)13-3-5-20-4-1-2-12-26-20/h1-2,4,6-12,18H,3,5,13-17H2. The molecule has 1 aromatic carbocycles. The first-order chi connectivity index (χ1) is 15.7. The van der Waals surface area contributed by atoms with E-state index in [0.717, 1.165) is 38.2 Å². The van der Waals surface area contributed by atoms with Crippen molar-refractivity contribution in [1.82, 2.24) is 19.8 Å². The Labute approximate surface area is 192 Å². The molecule has 1 aliphatic rings. The molecule has 0 saturated carbocycles. The van der Waals surface area contributed by atoms with Gasteiger partial charge in [0.1, 0.15) is 11.5 Å². The van der Waals surface area contributed by atoms with Gasteiger partial charge < -0.3 is 14.4 Å². The quantitative estimate of drug-likeness (QED) is 0.519. The predicted octanol–water partition coefficient (Wildman–Crippen LogP) is 4.67. The largest absolute Gasteiger partial charge is 0.439 e. The molecule has 3 aromatic rings. The maximum Gasteiger partial charge on any atom is 0.415 e. The molecule has 32 heavy (non-hydrogen) atoms. The molecule has 0 aliphatic carbocycles. The Morgan fingerprint density at radius 3 is 2.41 bits per heavy atom. The van der Waals surface area contributed by atoms with E-state index in [1.54, 1.807) is 41.3 Å². The van der Waals surface area contributed by atoms with E-state index < -0.39 is 0 Å². The van der Waals surface area contributed by atoms with Crippen LogP contribution in [0.4, 0.5) is 4.79 Å². The van der Waals surface area contributed by atoms with Crippen LogP contribution in [0.25, 0.3) is 0 Å². The normalized spacial score (nSPS) is 14.2. The van der Waals surface area contributed by atoms with Gasteiger partial charge in [0, 0.05) is 50.3 Å². The lowest BCUT2D eigenvalue weighted by Gasteiger charge is -2.34. The van der Waals surface area contributed by atoms with Crippen molar-refractivity contribution in [2.24, 2.45) is 0 Å². The molecule has 0 N–H and O–H groups in total. The number of carbonyl (C=O) groups is 1. The Hall–Kier alpha value is -3.16. The number of nitrogens with zero attached hydrogens (tertiary/aromatic N) is 4. The number of rotatable bonds is 7. The summed E-state index contributed by atoms with van der Waals surface area (Å²) in [5.74, 6) is 1.51. The summed E-state index contributed by atoms with van der Waals surface area (Å²) in [6.45, 7) is 4.01. The molecule has 3 heterocycles. The van der Waals surface area contributed by atoms with Crippen LogP contribution in [0.1, 0.15) is 12.1 Å². The fourth-order valence-electron chi connectivity index (χ4n) is 3.47. The number of aryl methyl sites for hydroxylation is 1.